The predicted molar refractivity (Wildman–Crippen MR) is 83.8 cm³/mol. The van der Waals surface area contributed by atoms with E-state index < -0.39 is 0 Å². The highest BCUT2D eigenvalue weighted by Gasteiger charge is 2.19. The zero-order chi connectivity index (χ0) is 15.4. The Kier molecular flexibility index (Phi) is 4.42. The summed E-state index contributed by atoms with van der Waals surface area (Å²) in [6.45, 7) is 2.29. The molecular weight excluding hydrogens is 278 g/mol. The van der Waals surface area contributed by atoms with E-state index in [-0.39, 0.29) is 5.91 Å². The van der Waals surface area contributed by atoms with Crippen molar-refractivity contribution in [3.8, 4) is 5.75 Å². The number of amides is 1. The third-order valence-corrected chi connectivity index (χ3v) is 4.01. The summed E-state index contributed by atoms with van der Waals surface area (Å²) in [5, 5.41) is 7.31. The third kappa shape index (κ3) is 3.47. The number of aryl methyl sites for hydroxylation is 1. The Hall–Kier alpha value is -2.30. The van der Waals surface area contributed by atoms with Crippen LogP contribution in [0.2, 0.25) is 0 Å². The number of hydrogen-bond donors (Lipinski definition) is 1. The number of nitrogens with zero attached hydrogens (tertiary/aromatic N) is 2. The number of benzene rings is 1. The summed E-state index contributed by atoms with van der Waals surface area (Å²) < 4.78 is 7.35. The highest BCUT2D eigenvalue weighted by atomic mass is 16.5. The van der Waals surface area contributed by atoms with Crippen LogP contribution in [0.15, 0.2) is 36.5 Å². The van der Waals surface area contributed by atoms with Crippen molar-refractivity contribution in [1.29, 1.82) is 0 Å². The SMILES string of the molecule is Cc1ccccc1OCn1ccc(C(=O)NC2CCCC2)n1. The maximum absolute atomic E-state index is 12.1. The van der Waals surface area contributed by atoms with E-state index >= 15 is 0 Å². The van der Waals surface area contributed by atoms with Crippen LogP contribution in [0.3, 0.4) is 0 Å². The fourth-order valence-electron chi connectivity index (χ4n) is 2.74. The lowest BCUT2D eigenvalue weighted by atomic mass is 10.2. The first kappa shape index (κ1) is 14.6. The van der Waals surface area contributed by atoms with Gasteiger partial charge in [-0.3, -0.25) is 4.79 Å². The highest BCUT2D eigenvalue weighted by molar-refractivity contribution is 5.92. The van der Waals surface area contributed by atoms with Gasteiger partial charge in [0, 0.05) is 12.2 Å². The summed E-state index contributed by atoms with van der Waals surface area (Å²) in [5.41, 5.74) is 1.52. The molecule has 22 heavy (non-hydrogen) atoms. The van der Waals surface area contributed by atoms with Crippen molar-refractivity contribution in [2.75, 3.05) is 0 Å². The van der Waals surface area contributed by atoms with Gasteiger partial charge in [0.15, 0.2) is 6.73 Å². The summed E-state index contributed by atoms with van der Waals surface area (Å²) >= 11 is 0. The minimum Gasteiger partial charge on any atom is -0.471 e. The second kappa shape index (κ2) is 6.64. The van der Waals surface area contributed by atoms with E-state index in [9.17, 15) is 4.79 Å². The molecule has 1 aliphatic rings. The molecule has 1 aromatic carbocycles. The second-order valence-electron chi connectivity index (χ2n) is 5.73. The topological polar surface area (TPSA) is 56.1 Å². The summed E-state index contributed by atoms with van der Waals surface area (Å²) in [4.78, 5) is 12.1. The number of rotatable bonds is 5. The Morgan fingerprint density at radius 3 is 2.86 bits per heavy atom. The number of para-hydroxylation sites is 1. The molecule has 3 rings (SSSR count). The van der Waals surface area contributed by atoms with Crippen LogP contribution in [0.1, 0.15) is 41.7 Å². The molecule has 1 amide bonds. The van der Waals surface area contributed by atoms with Crippen LogP contribution >= 0.6 is 0 Å². The molecule has 0 saturated heterocycles. The maximum Gasteiger partial charge on any atom is 0.271 e. The van der Waals surface area contributed by atoms with Gasteiger partial charge in [0.05, 0.1) is 0 Å². The zero-order valence-electron chi connectivity index (χ0n) is 12.8. The molecule has 1 heterocycles. The van der Waals surface area contributed by atoms with E-state index in [2.05, 4.69) is 10.4 Å². The summed E-state index contributed by atoms with van der Waals surface area (Å²) in [6.07, 6.45) is 6.31. The fourth-order valence-corrected chi connectivity index (χ4v) is 2.74. The van der Waals surface area contributed by atoms with Gasteiger partial charge >= 0.3 is 0 Å². The molecule has 0 spiro atoms. The van der Waals surface area contributed by atoms with Gasteiger partial charge in [0.1, 0.15) is 11.4 Å². The second-order valence-corrected chi connectivity index (χ2v) is 5.73. The van der Waals surface area contributed by atoms with Crippen molar-refractivity contribution in [2.24, 2.45) is 0 Å². The zero-order valence-corrected chi connectivity index (χ0v) is 12.8. The van der Waals surface area contributed by atoms with Crippen LogP contribution < -0.4 is 10.1 Å². The molecule has 0 radical (unpaired) electrons. The standard InChI is InChI=1S/C17H21N3O2/c1-13-6-2-5-9-16(13)22-12-20-11-10-15(19-20)17(21)18-14-7-3-4-8-14/h2,5-6,9-11,14H,3-4,7-8,12H2,1H3,(H,18,21). The number of carbonyl (C=O) groups is 1. The molecule has 1 fully saturated rings. The van der Waals surface area contributed by atoms with Crippen molar-refractivity contribution >= 4 is 5.91 Å². The number of aromatic nitrogens is 2. The molecule has 1 N–H and O–H groups in total. The van der Waals surface area contributed by atoms with Crippen molar-refractivity contribution in [2.45, 2.75) is 45.4 Å². The highest BCUT2D eigenvalue weighted by Crippen LogP contribution is 2.18. The molecule has 1 aliphatic carbocycles. The Balaban J connectivity index is 1.56. The van der Waals surface area contributed by atoms with Crippen LogP contribution in [0, 0.1) is 6.92 Å². The van der Waals surface area contributed by atoms with Gasteiger partial charge in [0.2, 0.25) is 0 Å². The number of hydrogen-bond acceptors (Lipinski definition) is 3. The van der Waals surface area contributed by atoms with Crippen molar-refractivity contribution < 1.29 is 9.53 Å². The molecule has 0 atom stereocenters. The number of nitrogens with one attached hydrogen (secondary N) is 1. The minimum atomic E-state index is -0.0958. The van der Waals surface area contributed by atoms with Gasteiger partial charge in [-0.2, -0.15) is 5.10 Å². The van der Waals surface area contributed by atoms with Gasteiger partial charge in [-0.25, -0.2) is 4.68 Å². The van der Waals surface area contributed by atoms with Gasteiger partial charge in [-0.05, 0) is 37.5 Å². The molecule has 1 aromatic heterocycles. The summed E-state index contributed by atoms with van der Waals surface area (Å²) in [7, 11) is 0. The van der Waals surface area contributed by atoms with Crippen LogP contribution in [-0.4, -0.2) is 21.7 Å². The molecule has 0 unspecified atom stereocenters. The van der Waals surface area contributed by atoms with Crippen molar-refractivity contribution in [3.63, 3.8) is 0 Å². The van der Waals surface area contributed by atoms with Crippen LogP contribution in [0.5, 0.6) is 5.75 Å². The van der Waals surface area contributed by atoms with E-state index in [1.165, 1.54) is 12.8 Å². The third-order valence-electron chi connectivity index (χ3n) is 4.01. The molecule has 1 saturated carbocycles. The first-order chi connectivity index (χ1) is 10.7. The molecule has 5 heteroatoms. The summed E-state index contributed by atoms with van der Waals surface area (Å²) in [5.74, 6) is 0.733. The van der Waals surface area contributed by atoms with Crippen molar-refractivity contribution in [3.05, 3.63) is 47.8 Å². The van der Waals surface area contributed by atoms with Gasteiger partial charge in [0.25, 0.3) is 5.91 Å². The minimum absolute atomic E-state index is 0.0958. The van der Waals surface area contributed by atoms with Gasteiger partial charge in [-0.1, -0.05) is 31.0 Å². The average molecular weight is 299 g/mol. The Morgan fingerprint density at radius 2 is 2.09 bits per heavy atom. The molecule has 2 aromatic rings. The van der Waals surface area contributed by atoms with E-state index in [0.29, 0.717) is 18.5 Å². The first-order valence-corrected chi connectivity index (χ1v) is 7.75. The van der Waals surface area contributed by atoms with E-state index in [1.54, 1.807) is 16.9 Å². The van der Waals surface area contributed by atoms with E-state index in [4.69, 9.17) is 4.74 Å². The van der Waals surface area contributed by atoms with Gasteiger partial charge < -0.3 is 10.1 Å². The normalized spacial score (nSPS) is 15.0. The number of ether oxygens (including phenoxy) is 1. The smallest absolute Gasteiger partial charge is 0.271 e. The molecule has 0 aliphatic heterocycles. The lowest BCUT2D eigenvalue weighted by Gasteiger charge is -2.10. The monoisotopic (exact) mass is 299 g/mol. The molecular formula is C17H21N3O2. The lowest BCUT2D eigenvalue weighted by molar-refractivity contribution is 0.0930. The molecule has 5 nitrogen and oxygen atoms in total. The summed E-state index contributed by atoms with van der Waals surface area (Å²) in [6, 6.07) is 9.87. The van der Waals surface area contributed by atoms with E-state index in [1.807, 2.05) is 31.2 Å². The molecule has 0 bridgehead atoms. The fraction of sp³-hybridized carbons (Fsp3) is 0.412. The Morgan fingerprint density at radius 1 is 1.32 bits per heavy atom. The molecule has 116 valence electrons. The van der Waals surface area contributed by atoms with Gasteiger partial charge in [-0.15, -0.1) is 0 Å². The quantitative estimate of drug-likeness (QED) is 0.923. The van der Waals surface area contributed by atoms with E-state index in [0.717, 1.165) is 24.2 Å². The van der Waals surface area contributed by atoms with Crippen molar-refractivity contribution in [1.82, 2.24) is 15.1 Å². The maximum atomic E-state index is 12.1. The first-order valence-electron chi connectivity index (χ1n) is 7.75. The Labute approximate surface area is 130 Å². The largest absolute Gasteiger partial charge is 0.471 e. The lowest BCUT2D eigenvalue weighted by Crippen LogP contribution is -2.32. The Bertz CT molecular complexity index is 645. The van der Waals surface area contributed by atoms with Crippen LogP contribution in [0.25, 0.3) is 0 Å². The van der Waals surface area contributed by atoms with Crippen LogP contribution in [0.4, 0.5) is 0 Å². The average Bonchev–Trinajstić information content (AvgIpc) is 3.18. The predicted octanol–water partition coefficient (Wildman–Crippen LogP) is 2.90. The van der Waals surface area contributed by atoms with Crippen LogP contribution in [-0.2, 0) is 6.73 Å². The number of carbonyl (C=O) groups excluding carboxylic acids is 1.